The molecular weight excluding hydrogens is 186 g/mol. The number of nitrogens with one attached hydrogen (secondary N) is 1. The summed E-state index contributed by atoms with van der Waals surface area (Å²) in [5.74, 6) is 1.10. The van der Waals surface area contributed by atoms with E-state index in [1.54, 1.807) is 0 Å². The molecule has 15 heavy (non-hydrogen) atoms. The van der Waals surface area contributed by atoms with Crippen LogP contribution < -0.4 is 0 Å². The zero-order valence-electron chi connectivity index (χ0n) is 9.38. The zero-order valence-corrected chi connectivity index (χ0v) is 9.38. The summed E-state index contributed by atoms with van der Waals surface area (Å²) in [7, 11) is 0. The molecule has 1 aliphatic carbocycles. The van der Waals surface area contributed by atoms with Gasteiger partial charge in [0, 0.05) is 5.92 Å². The minimum absolute atomic E-state index is 0.539. The Morgan fingerprint density at radius 1 is 1.53 bits per heavy atom. The Kier molecular flexibility index (Phi) is 2.77. The van der Waals surface area contributed by atoms with Crippen LogP contribution in [0.25, 0.3) is 0 Å². The molecule has 2 rings (SSSR count). The second-order valence-electron chi connectivity index (χ2n) is 4.80. The van der Waals surface area contributed by atoms with Crippen molar-refractivity contribution < 1.29 is 0 Å². The number of nitriles is 1. The van der Waals surface area contributed by atoms with Crippen molar-refractivity contribution in [1.82, 2.24) is 10.2 Å². The lowest BCUT2D eigenvalue weighted by molar-refractivity contribution is 0.410. The highest BCUT2D eigenvalue weighted by atomic mass is 15.1. The van der Waals surface area contributed by atoms with Gasteiger partial charge in [-0.15, -0.1) is 0 Å². The maximum Gasteiger partial charge on any atom is 0.103 e. The van der Waals surface area contributed by atoms with Crippen molar-refractivity contribution in [3.63, 3.8) is 0 Å². The van der Waals surface area contributed by atoms with Gasteiger partial charge in [-0.25, -0.2) is 0 Å². The summed E-state index contributed by atoms with van der Waals surface area (Å²) in [6, 6.07) is 2.30. The lowest BCUT2D eigenvalue weighted by Crippen LogP contribution is -2.10. The molecule has 0 bridgehead atoms. The molecule has 1 fully saturated rings. The van der Waals surface area contributed by atoms with Gasteiger partial charge in [0.2, 0.25) is 0 Å². The van der Waals surface area contributed by atoms with Crippen LogP contribution in [0.2, 0.25) is 0 Å². The van der Waals surface area contributed by atoms with E-state index in [1.165, 1.54) is 19.3 Å². The van der Waals surface area contributed by atoms with Crippen molar-refractivity contribution in [3.8, 4) is 6.07 Å². The van der Waals surface area contributed by atoms with Crippen LogP contribution in [-0.4, -0.2) is 10.2 Å². The van der Waals surface area contributed by atoms with Crippen LogP contribution in [0.1, 0.15) is 56.0 Å². The molecule has 0 spiro atoms. The Labute approximate surface area is 90.5 Å². The first-order chi connectivity index (χ1) is 7.22. The van der Waals surface area contributed by atoms with E-state index >= 15 is 0 Å². The molecule has 0 radical (unpaired) electrons. The molecule has 1 aromatic rings. The minimum Gasteiger partial charge on any atom is -0.281 e. The van der Waals surface area contributed by atoms with Crippen molar-refractivity contribution in [2.24, 2.45) is 5.92 Å². The SMILES string of the molecule is CC(C)Cc1[nH]nc(C2CCC2)c1C#N. The molecule has 0 saturated heterocycles. The second-order valence-corrected chi connectivity index (χ2v) is 4.80. The Morgan fingerprint density at radius 2 is 2.27 bits per heavy atom. The Hall–Kier alpha value is -1.30. The van der Waals surface area contributed by atoms with E-state index in [2.05, 4.69) is 30.1 Å². The second kappa shape index (κ2) is 4.06. The van der Waals surface area contributed by atoms with Gasteiger partial charge in [0.15, 0.2) is 0 Å². The first-order valence-electron chi connectivity index (χ1n) is 5.69. The predicted octanol–water partition coefficient (Wildman–Crippen LogP) is 2.75. The molecule has 0 aliphatic heterocycles. The van der Waals surface area contributed by atoms with E-state index in [4.69, 9.17) is 5.26 Å². The highest BCUT2D eigenvalue weighted by molar-refractivity contribution is 5.40. The first-order valence-corrected chi connectivity index (χ1v) is 5.69. The third kappa shape index (κ3) is 1.90. The predicted molar refractivity (Wildman–Crippen MR) is 58.4 cm³/mol. The Bertz CT molecular complexity index is 380. The fourth-order valence-electron chi connectivity index (χ4n) is 2.05. The van der Waals surface area contributed by atoms with E-state index in [1.807, 2.05) is 0 Å². The van der Waals surface area contributed by atoms with Crippen molar-refractivity contribution >= 4 is 0 Å². The summed E-state index contributed by atoms with van der Waals surface area (Å²) < 4.78 is 0. The summed E-state index contributed by atoms with van der Waals surface area (Å²) >= 11 is 0. The van der Waals surface area contributed by atoms with Crippen molar-refractivity contribution in [3.05, 3.63) is 17.0 Å². The molecule has 0 unspecified atom stereocenters. The average Bonchev–Trinajstić information content (AvgIpc) is 2.44. The summed E-state index contributed by atoms with van der Waals surface area (Å²) in [6.45, 7) is 4.32. The summed E-state index contributed by atoms with van der Waals surface area (Å²) in [6.07, 6.45) is 4.59. The molecule has 0 atom stereocenters. The van der Waals surface area contributed by atoms with E-state index in [9.17, 15) is 0 Å². The summed E-state index contributed by atoms with van der Waals surface area (Å²) in [4.78, 5) is 0. The normalized spacial score (nSPS) is 16.4. The third-order valence-corrected chi connectivity index (χ3v) is 3.09. The van der Waals surface area contributed by atoms with Gasteiger partial charge in [0.05, 0.1) is 17.0 Å². The fourth-order valence-corrected chi connectivity index (χ4v) is 2.05. The first kappa shape index (κ1) is 10.2. The van der Waals surface area contributed by atoms with Crippen LogP contribution in [-0.2, 0) is 6.42 Å². The van der Waals surface area contributed by atoms with E-state index < -0.39 is 0 Å². The van der Waals surface area contributed by atoms with Gasteiger partial charge in [-0.2, -0.15) is 10.4 Å². The Morgan fingerprint density at radius 3 is 2.73 bits per heavy atom. The highest BCUT2D eigenvalue weighted by Crippen LogP contribution is 2.37. The van der Waals surface area contributed by atoms with Crippen LogP contribution in [0.3, 0.4) is 0 Å². The van der Waals surface area contributed by atoms with Crippen LogP contribution in [0.15, 0.2) is 0 Å². The van der Waals surface area contributed by atoms with Crippen LogP contribution >= 0.6 is 0 Å². The van der Waals surface area contributed by atoms with Crippen molar-refractivity contribution in [2.75, 3.05) is 0 Å². The van der Waals surface area contributed by atoms with Gasteiger partial charge >= 0.3 is 0 Å². The number of nitrogens with zero attached hydrogens (tertiary/aromatic N) is 2. The third-order valence-electron chi connectivity index (χ3n) is 3.09. The van der Waals surface area contributed by atoms with E-state index in [-0.39, 0.29) is 0 Å². The maximum absolute atomic E-state index is 9.16. The Balaban J connectivity index is 2.25. The largest absolute Gasteiger partial charge is 0.281 e. The molecule has 0 amide bonds. The maximum atomic E-state index is 9.16. The monoisotopic (exact) mass is 203 g/mol. The molecule has 3 heteroatoms. The lowest BCUT2D eigenvalue weighted by Gasteiger charge is -2.23. The molecule has 1 saturated carbocycles. The average molecular weight is 203 g/mol. The van der Waals surface area contributed by atoms with Gasteiger partial charge < -0.3 is 0 Å². The molecule has 0 aromatic carbocycles. The van der Waals surface area contributed by atoms with Crippen LogP contribution in [0.4, 0.5) is 0 Å². The molecule has 1 aliphatic rings. The molecule has 1 heterocycles. The van der Waals surface area contributed by atoms with Gasteiger partial charge in [-0.1, -0.05) is 20.3 Å². The highest BCUT2D eigenvalue weighted by Gasteiger charge is 2.26. The number of aromatic amines is 1. The molecule has 1 aromatic heterocycles. The molecular formula is C12H17N3. The topological polar surface area (TPSA) is 52.5 Å². The van der Waals surface area contributed by atoms with Crippen molar-refractivity contribution in [2.45, 2.75) is 45.4 Å². The quantitative estimate of drug-likeness (QED) is 0.821. The summed E-state index contributed by atoms with van der Waals surface area (Å²) in [5, 5.41) is 16.5. The van der Waals surface area contributed by atoms with E-state index in [0.717, 1.165) is 23.4 Å². The van der Waals surface area contributed by atoms with Crippen molar-refractivity contribution in [1.29, 1.82) is 5.26 Å². The summed E-state index contributed by atoms with van der Waals surface area (Å²) in [5.41, 5.74) is 2.85. The van der Waals surface area contributed by atoms with Gasteiger partial charge in [-0.05, 0) is 25.2 Å². The van der Waals surface area contributed by atoms with E-state index in [0.29, 0.717) is 11.8 Å². The van der Waals surface area contributed by atoms with Gasteiger partial charge in [0.25, 0.3) is 0 Å². The number of hydrogen-bond acceptors (Lipinski definition) is 2. The van der Waals surface area contributed by atoms with Crippen LogP contribution in [0, 0.1) is 17.2 Å². The zero-order chi connectivity index (χ0) is 10.8. The lowest BCUT2D eigenvalue weighted by atomic mass is 9.81. The number of H-pyrrole nitrogens is 1. The molecule has 1 N–H and O–H groups in total. The smallest absolute Gasteiger partial charge is 0.103 e. The van der Waals surface area contributed by atoms with Gasteiger partial charge in [-0.3, -0.25) is 5.10 Å². The standard InChI is InChI=1S/C12H17N3/c1-8(2)6-11-10(7-13)12(15-14-11)9-4-3-5-9/h8-9H,3-6H2,1-2H3,(H,14,15). The minimum atomic E-state index is 0.539. The number of aromatic nitrogens is 2. The number of rotatable bonds is 3. The fraction of sp³-hybridized carbons (Fsp3) is 0.667. The molecule has 3 nitrogen and oxygen atoms in total. The van der Waals surface area contributed by atoms with Gasteiger partial charge in [0.1, 0.15) is 6.07 Å². The molecule has 80 valence electrons. The number of hydrogen-bond donors (Lipinski definition) is 1. The van der Waals surface area contributed by atoms with Crippen LogP contribution in [0.5, 0.6) is 0 Å².